The number of aromatic nitrogens is 6. The van der Waals surface area contributed by atoms with Crippen molar-refractivity contribution in [2.45, 2.75) is 38.9 Å². The summed E-state index contributed by atoms with van der Waals surface area (Å²) in [5.74, 6) is 1.06. The molecule has 0 saturated carbocycles. The van der Waals surface area contributed by atoms with Crippen LogP contribution in [0.15, 0.2) is 45.3 Å². The Balaban J connectivity index is 1.43. The molecule has 1 aromatic carbocycles. The van der Waals surface area contributed by atoms with Crippen molar-refractivity contribution in [2.24, 2.45) is 0 Å². The summed E-state index contributed by atoms with van der Waals surface area (Å²) >= 11 is 2.84. The first-order chi connectivity index (χ1) is 15.5. The van der Waals surface area contributed by atoms with Gasteiger partial charge in [0.05, 0.1) is 22.9 Å². The Morgan fingerprint density at radius 2 is 2.00 bits per heavy atom. The summed E-state index contributed by atoms with van der Waals surface area (Å²) in [6.45, 7) is 6.95. The zero-order chi connectivity index (χ0) is 22.5. The molecule has 4 aromatic rings. The molecule has 0 saturated heterocycles. The van der Waals surface area contributed by atoms with Gasteiger partial charge in [-0.15, -0.1) is 26.6 Å². The van der Waals surface area contributed by atoms with E-state index in [4.69, 9.17) is 4.42 Å². The Labute approximate surface area is 193 Å². The van der Waals surface area contributed by atoms with E-state index in [1.54, 1.807) is 9.58 Å². The van der Waals surface area contributed by atoms with Crippen molar-refractivity contribution in [3.8, 4) is 16.5 Å². The van der Waals surface area contributed by atoms with Crippen LogP contribution in [0.2, 0.25) is 0 Å². The van der Waals surface area contributed by atoms with E-state index in [0.29, 0.717) is 23.5 Å². The van der Waals surface area contributed by atoms with Crippen molar-refractivity contribution in [1.82, 2.24) is 35.3 Å². The predicted molar refractivity (Wildman–Crippen MR) is 123 cm³/mol. The van der Waals surface area contributed by atoms with Crippen molar-refractivity contribution >= 4 is 29.0 Å². The summed E-state index contributed by atoms with van der Waals surface area (Å²) in [7, 11) is 0. The molecule has 0 spiro atoms. The number of rotatable bonds is 9. The third kappa shape index (κ3) is 5.22. The predicted octanol–water partition coefficient (Wildman–Crippen LogP) is 3.92. The van der Waals surface area contributed by atoms with Crippen LogP contribution in [0.25, 0.3) is 16.5 Å². The molecule has 3 aromatic heterocycles. The van der Waals surface area contributed by atoms with Gasteiger partial charge < -0.3 is 9.32 Å². The zero-order valence-corrected chi connectivity index (χ0v) is 19.7. The third-order valence-corrected chi connectivity index (χ3v) is 6.35. The molecule has 0 unspecified atom stereocenters. The van der Waals surface area contributed by atoms with Crippen LogP contribution in [0.5, 0.6) is 0 Å². The van der Waals surface area contributed by atoms with Gasteiger partial charge in [0.15, 0.2) is 0 Å². The Kier molecular flexibility index (Phi) is 6.96. The maximum atomic E-state index is 13.0. The molecule has 0 bridgehead atoms. The molecular formula is C21H23N7O2S2. The number of amides is 1. The van der Waals surface area contributed by atoms with Gasteiger partial charge in [-0.25, -0.2) is 0 Å². The molecule has 0 N–H and O–H groups in total. The lowest BCUT2D eigenvalue weighted by atomic mass is 10.1. The molecule has 3 heterocycles. The van der Waals surface area contributed by atoms with Crippen molar-refractivity contribution in [1.29, 1.82) is 0 Å². The van der Waals surface area contributed by atoms with Crippen LogP contribution in [0.1, 0.15) is 30.4 Å². The van der Waals surface area contributed by atoms with Gasteiger partial charge in [-0.2, -0.15) is 4.68 Å². The number of carbonyl (C=O) groups is 1. The quantitative estimate of drug-likeness (QED) is 0.340. The second-order valence-corrected chi connectivity index (χ2v) is 9.19. The number of hydrogen-bond donors (Lipinski definition) is 0. The third-order valence-electron chi connectivity index (χ3n) is 4.59. The number of aryl methyl sites for hydroxylation is 2. The Morgan fingerprint density at radius 1 is 1.19 bits per heavy atom. The molecule has 9 nitrogen and oxygen atoms in total. The molecular weight excluding hydrogens is 446 g/mol. The van der Waals surface area contributed by atoms with Crippen LogP contribution in [0.4, 0.5) is 0 Å². The topological polar surface area (TPSA) is 103 Å². The fourth-order valence-corrected chi connectivity index (χ4v) is 4.70. The average Bonchev–Trinajstić information content (AvgIpc) is 3.52. The lowest BCUT2D eigenvalue weighted by molar-refractivity contribution is -0.129. The summed E-state index contributed by atoms with van der Waals surface area (Å²) in [5.41, 5.74) is 3.12. The number of nitrogens with zero attached hydrogens (tertiary/aromatic N) is 7. The van der Waals surface area contributed by atoms with E-state index in [0.717, 1.165) is 28.1 Å². The number of thioether (sulfide) groups is 1. The highest BCUT2D eigenvalue weighted by Crippen LogP contribution is 2.24. The first-order valence-corrected chi connectivity index (χ1v) is 12.0. The lowest BCUT2D eigenvalue weighted by Gasteiger charge is -2.19. The summed E-state index contributed by atoms with van der Waals surface area (Å²) in [4.78, 5) is 15.6. The van der Waals surface area contributed by atoms with Crippen molar-refractivity contribution in [3.05, 3.63) is 52.7 Å². The summed E-state index contributed by atoms with van der Waals surface area (Å²) in [6.07, 6.45) is 0.822. The van der Waals surface area contributed by atoms with Crippen molar-refractivity contribution < 1.29 is 9.21 Å². The highest BCUT2D eigenvalue weighted by molar-refractivity contribution is 7.99. The summed E-state index contributed by atoms with van der Waals surface area (Å²) in [6, 6.07) is 9.97. The van der Waals surface area contributed by atoms with E-state index in [-0.39, 0.29) is 18.2 Å². The number of carbonyl (C=O) groups excluding carboxylic acids is 1. The largest absolute Gasteiger partial charge is 0.418 e. The van der Waals surface area contributed by atoms with Gasteiger partial charge in [0.1, 0.15) is 0 Å². The standard InChI is InChI=1S/C21H23N7O2S2/c1-4-7-27(12-18-22-23-20(30-18)17-6-5-8-31-17)19(29)13-32-21-24-25-26-28(21)16-10-14(2)9-15(3)11-16/h5-6,8-11H,4,7,12-13H2,1-3H3. The van der Waals surface area contributed by atoms with Gasteiger partial charge in [-0.1, -0.05) is 30.8 Å². The smallest absolute Gasteiger partial charge is 0.257 e. The molecule has 4 rings (SSSR count). The fourth-order valence-electron chi connectivity index (χ4n) is 3.26. The monoisotopic (exact) mass is 469 g/mol. The molecule has 0 aliphatic carbocycles. The minimum Gasteiger partial charge on any atom is -0.418 e. The molecule has 0 atom stereocenters. The first kappa shape index (κ1) is 22.2. The molecule has 0 radical (unpaired) electrons. The molecule has 11 heteroatoms. The molecule has 1 amide bonds. The average molecular weight is 470 g/mol. The van der Waals surface area contributed by atoms with Gasteiger partial charge >= 0.3 is 0 Å². The maximum Gasteiger partial charge on any atom is 0.257 e. The Hall–Kier alpha value is -3.05. The molecule has 0 aliphatic heterocycles. The minimum absolute atomic E-state index is 0.0392. The van der Waals surface area contributed by atoms with Crippen LogP contribution in [-0.4, -0.2) is 53.5 Å². The van der Waals surface area contributed by atoms with E-state index >= 15 is 0 Å². The number of benzene rings is 1. The van der Waals surface area contributed by atoms with E-state index in [2.05, 4.69) is 31.8 Å². The highest BCUT2D eigenvalue weighted by Gasteiger charge is 2.20. The van der Waals surface area contributed by atoms with Crippen LogP contribution >= 0.6 is 23.1 Å². The lowest BCUT2D eigenvalue weighted by Crippen LogP contribution is -2.32. The highest BCUT2D eigenvalue weighted by atomic mass is 32.2. The Bertz CT molecular complexity index is 1170. The molecule has 32 heavy (non-hydrogen) atoms. The Morgan fingerprint density at radius 3 is 2.72 bits per heavy atom. The molecule has 0 aliphatic rings. The van der Waals surface area contributed by atoms with Gasteiger partial charge in [-0.05, 0) is 65.4 Å². The summed E-state index contributed by atoms with van der Waals surface area (Å²) < 4.78 is 7.42. The molecule has 0 fully saturated rings. The minimum atomic E-state index is -0.0392. The fraction of sp³-hybridized carbons (Fsp3) is 0.333. The first-order valence-electron chi connectivity index (χ1n) is 10.2. The van der Waals surface area contributed by atoms with Crippen LogP contribution in [-0.2, 0) is 11.3 Å². The van der Waals surface area contributed by atoms with Crippen LogP contribution in [0.3, 0.4) is 0 Å². The van der Waals surface area contributed by atoms with Gasteiger partial charge in [0, 0.05) is 6.54 Å². The van der Waals surface area contributed by atoms with Gasteiger partial charge in [-0.3, -0.25) is 4.79 Å². The van der Waals surface area contributed by atoms with Gasteiger partial charge in [0.25, 0.3) is 5.89 Å². The summed E-state index contributed by atoms with van der Waals surface area (Å²) in [5, 5.41) is 22.7. The van der Waals surface area contributed by atoms with E-state index < -0.39 is 0 Å². The second kappa shape index (κ2) is 10.0. The maximum absolute atomic E-state index is 13.0. The van der Waals surface area contributed by atoms with E-state index in [9.17, 15) is 4.79 Å². The van der Waals surface area contributed by atoms with E-state index in [1.807, 2.05) is 50.4 Å². The normalized spacial score (nSPS) is 11.1. The van der Waals surface area contributed by atoms with Crippen molar-refractivity contribution in [3.63, 3.8) is 0 Å². The van der Waals surface area contributed by atoms with E-state index in [1.165, 1.54) is 23.1 Å². The number of thiophene rings is 1. The van der Waals surface area contributed by atoms with Gasteiger partial charge in [0.2, 0.25) is 17.0 Å². The number of hydrogen-bond acceptors (Lipinski definition) is 9. The SMILES string of the molecule is CCCN(Cc1nnc(-c2cccs2)o1)C(=O)CSc1nnnn1-c1cc(C)cc(C)c1. The number of tetrazole rings is 1. The zero-order valence-electron chi connectivity index (χ0n) is 18.1. The second-order valence-electron chi connectivity index (χ2n) is 7.30. The van der Waals surface area contributed by atoms with Crippen LogP contribution in [0, 0.1) is 13.8 Å². The van der Waals surface area contributed by atoms with Crippen molar-refractivity contribution in [2.75, 3.05) is 12.3 Å². The molecule has 166 valence electrons. The van der Waals surface area contributed by atoms with Crippen LogP contribution < -0.4 is 0 Å².